The highest BCUT2D eigenvalue weighted by atomic mass is 32.2. The van der Waals surface area contributed by atoms with Crippen LogP contribution in [0.2, 0.25) is 0 Å². The maximum Gasteiger partial charge on any atom is 0.191 e. The molecule has 1 saturated heterocycles. The number of rotatable bonds is 3. The molecular formula is C17H26N4S. The number of thioether (sulfide) groups is 1. The average Bonchev–Trinajstić information content (AvgIpc) is 2.59. The summed E-state index contributed by atoms with van der Waals surface area (Å²) < 4.78 is 0. The summed E-state index contributed by atoms with van der Waals surface area (Å²) in [5.41, 5.74) is 9.11. The van der Waals surface area contributed by atoms with Gasteiger partial charge < -0.3 is 10.6 Å². The summed E-state index contributed by atoms with van der Waals surface area (Å²) in [5.74, 6) is 3.05. The smallest absolute Gasteiger partial charge is 0.191 e. The Hall–Kier alpha value is -1.20. The van der Waals surface area contributed by atoms with E-state index in [4.69, 9.17) is 5.73 Å². The maximum atomic E-state index is 6.15. The van der Waals surface area contributed by atoms with Crippen LogP contribution in [0.1, 0.15) is 18.1 Å². The van der Waals surface area contributed by atoms with E-state index in [0.717, 1.165) is 56.6 Å². The number of fused-ring (bicyclic) bond motifs is 1. The first kappa shape index (κ1) is 15.7. The Kier molecular flexibility index (Phi) is 5.26. The fraction of sp³-hybridized carbons (Fsp3) is 0.588. The molecule has 2 aliphatic rings. The first-order valence-electron chi connectivity index (χ1n) is 8.17. The van der Waals surface area contributed by atoms with Gasteiger partial charge >= 0.3 is 0 Å². The van der Waals surface area contributed by atoms with Gasteiger partial charge in [-0.2, -0.15) is 11.8 Å². The van der Waals surface area contributed by atoms with Crippen LogP contribution in [0.15, 0.2) is 29.3 Å². The van der Waals surface area contributed by atoms with Gasteiger partial charge in [-0.15, -0.1) is 0 Å². The minimum absolute atomic E-state index is 0.436. The van der Waals surface area contributed by atoms with Crippen LogP contribution in [0.25, 0.3) is 0 Å². The predicted molar refractivity (Wildman–Crippen MR) is 95.4 cm³/mol. The van der Waals surface area contributed by atoms with Gasteiger partial charge in [0.15, 0.2) is 5.96 Å². The molecule has 1 atom stereocenters. The standard InChI is InChI=1S/C17H26N4S/c1-14(12-19-17(18)20-8-10-22-11-9-20)21-7-6-15-4-2-3-5-16(15)13-21/h2-5,14H,6-13H2,1H3,(H2,18,19). The molecule has 0 amide bonds. The lowest BCUT2D eigenvalue weighted by atomic mass is 9.99. The summed E-state index contributed by atoms with van der Waals surface area (Å²) in [6.45, 7) is 7.27. The monoisotopic (exact) mass is 318 g/mol. The third-order valence-corrected chi connectivity index (χ3v) is 5.58. The Bertz CT molecular complexity index is 525. The van der Waals surface area contributed by atoms with E-state index in [9.17, 15) is 0 Å². The predicted octanol–water partition coefficient (Wildman–Crippen LogP) is 1.80. The van der Waals surface area contributed by atoms with Crippen molar-refractivity contribution in [1.29, 1.82) is 0 Å². The molecule has 2 aliphatic heterocycles. The molecule has 22 heavy (non-hydrogen) atoms. The van der Waals surface area contributed by atoms with E-state index in [1.807, 2.05) is 11.8 Å². The van der Waals surface area contributed by atoms with Gasteiger partial charge in [0.2, 0.25) is 0 Å². The molecule has 1 aromatic rings. The van der Waals surface area contributed by atoms with Crippen molar-refractivity contribution in [3.05, 3.63) is 35.4 Å². The molecule has 1 aromatic carbocycles. The third-order valence-electron chi connectivity index (χ3n) is 4.64. The van der Waals surface area contributed by atoms with Crippen LogP contribution in [0.3, 0.4) is 0 Å². The van der Waals surface area contributed by atoms with E-state index in [1.165, 1.54) is 11.1 Å². The molecule has 2 heterocycles. The van der Waals surface area contributed by atoms with Crippen molar-refractivity contribution >= 4 is 17.7 Å². The van der Waals surface area contributed by atoms with Crippen molar-refractivity contribution in [3.8, 4) is 0 Å². The second kappa shape index (κ2) is 7.38. The second-order valence-corrected chi connectivity index (χ2v) is 7.36. The lowest BCUT2D eigenvalue weighted by Crippen LogP contribution is -2.44. The van der Waals surface area contributed by atoms with Crippen molar-refractivity contribution in [2.45, 2.75) is 25.9 Å². The van der Waals surface area contributed by atoms with Crippen molar-refractivity contribution in [1.82, 2.24) is 9.80 Å². The zero-order chi connectivity index (χ0) is 15.4. The lowest BCUT2D eigenvalue weighted by molar-refractivity contribution is 0.195. The van der Waals surface area contributed by atoms with E-state index in [2.05, 4.69) is 46.0 Å². The van der Waals surface area contributed by atoms with Crippen LogP contribution in [-0.2, 0) is 13.0 Å². The summed E-state index contributed by atoms with van der Waals surface area (Å²) in [5, 5.41) is 0. The number of aliphatic imine (C=N–C) groups is 1. The molecule has 2 N–H and O–H groups in total. The van der Waals surface area contributed by atoms with Crippen LogP contribution in [0.5, 0.6) is 0 Å². The highest BCUT2D eigenvalue weighted by molar-refractivity contribution is 7.99. The molecule has 3 rings (SSSR count). The molecule has 1 unspecified atom stereocenters. The van der Waals surface area contributed by atoms with Gasteiger partial charge in [-0.25, -0.2) is 0 Å². The Balaban J connectivity index is 1.55. The molecule has 0 spiro atoms. The zero-order valence-electron chi connectivity index (χ0n) is 13.4. The lowest BCUT2D eigenvalue weighted by Gasteiger charge is -2.33. The molecule has 0 aliphatic carbocycles. The van der Waals surface area contributed by atoms with Gasteiger partial charge in [0.05, 0.1) is 6.54 Å². The Labute approximate surface area is 137 Å². The van der Waals surface area contributed by atoms with Crippen LogP contribution >= 0.6 is 11.8 Å². The van der Waals surface area contributed by atoms with Gasteiger partial charge in [-0.05, 0) is 24.5 Å². The van der Waals surface area contributed by atoms with Gasteiger partial charge in [-0.3, -0.25) is 9.89 Å². The number of nitrogens with two attached hydrogens (primary N) is 1. The fourth-order valence-corrected chi connectivity index (χ4v) is 4.03. The van der Waals surface area contributed by atoms with Gasteiger partial charge in [-0.1, -0.05) is 24.3 Å². The maximum absolute atomic E-state index is 6.15. The minimum Gasteiger partial charge on any atom is -0.370 e. The number of guanidine groups is 1. The minimum atomic E-state index is 0.436. The molecule has 4 nitrogen and oxygen atoms in total. The van der Waals surface area contributed by atoms with Gasteiger partial charge in [0.1, 0.15) is 0 Å². The van der Waals surface area contributed by atoms with E-state index in [0.29, 0.717) is 6.04 Å². The van der Waals surface area contributed by atoms with E-state index < -0.39 is 0 Å². The van der Waals surface area contributed by atoms with Crippen molar-refractivity contribution < 1.29 is 0 Å². The van der Waals surface area contributed by atoms with Crippen molar-refractivity contribution in [3.63, 3.8) is 0 Å². The molecule has 5 heteroatoms. The van der Waals surface area contributed by atoms with E-state index >= 15 is 0 Å². The van der Waals surface area contributed by atoms with Gasteiger partial charge in [0, 0.05) is 43.7 Å². The average molecular weight is 318 g/mol. The van der Waals surface area contributed by atoms with Crippen LogP contribution in [-0.4, -0.2) is 59.5 Å². The van der Waals surface area contributed by atoms with Crippen molar-refractivity contribution in [2.75, 3.05) is 37.7 Å². The first-order valence-corrected chi connectivity index (χ1v) is 9.33. The summed E-state index contributed by atoms with van der Waals surface area (Å²) in [7, 11) is 0. The third kappa shape index (κ3) is 3.76. The largest absolute Gasteiger partial charge is 0.370 e. The molecule has 0 bridgehead atoms. The first-order chi connectivity index (χ1) is 10.7. The SMILES string of the molecule is CC(CN=C(N)N1CCSCC1)N1CCc2ccccc2C1. The van der Waals surface area contributed by atoms with Crippen LogP contribution < -0.4 is 5.73 Å². The Morgan fingerprint density at radius 1 is 1.23 bits per heavy atom. The summed E-state index contributed by atoms with van der Waals surface area (Å²) in [6.07, 6.45) is 1.14. The molecule has 0 aromatic heterocycles. The topological polar surface area (TPSA) is 44.9 Å². The Morgan fingerprint density at radius 3 is 2.73 bits per heavy atom. The van der Waals surface area contributed by atoms with E-state index in [1.54, 1.807) is 0 Å². The number of hydrogen-bond donors (Lipinski definition) is 1. The molecule has 0 radical (unpaired) electrons. The number of nitrogens with zero attached hydrogens (tertiary/aromatic N) is 3. The molecule has 0 saturated carbocycles. The van der Waals surface area contributed by atoms with Crippen LogP contribution in [0, 0.1) is 0 Å². The highest BCUT2D eigenvalue weighted by Gasteiger charge is 2.20. The zero-order valence-corrected chi connectivity index (χ0v) is 14.2. The van der Waals surface area contributed by atoms with Crippen LogP contribution in [0.4, 0.5) is 0 Å². The Morgan fingerprint density at radius 2 is 1.95 bits per heavy atom. The molecule has 120 valence electrons. The summed E-state index contributed by atoms with van der Waals surface area (Å²) in [6, 6.07) is 9.21. The van der Waals surface area contributed by atoms with Gasteiger partial charge in [0.25, 0.3) is 0 Å². The normalized spacial score (nSPS) is 21.5. The highest BCUT2D eigenvalue weighted by Crippen LogP contribution is 2.20. The fourth-order valence-electron chi connectivity index (χ4n) is 3.13. The van der Waals surface area contributed by atoms with E-state index in [-0.39, 0.29) is 0 Å². The molecule has 1 fully saturated rings. The second-order valence-electron chi connectivity index (χ2n) is 6.14. The molecular weight excluding hydrogens is 292 g/mol. The number of hydrogen-bond acceptors (Lipinski definition) is 3. The summed E-state index contributed by atoms with van der Waals surface area (Å²) >= 11 is 2.00. The van der Waals surface area contributed by atoms with Crippen molar-refractivity contribution in [2.24, 2.45) is 10.7 Å². The summed E-state index contributed by atoms with van der Waals surface area (Å²) in [4.78, 5) is 9.38. The quantitative estimate of drug-likeness (QED) is 0.682. The number of benzene rings is 1.